The second-order valence-electron chi connectivity index (χ2n) is 9.89. The maximum absolute atomic E-state index is 12.5. The van der Waals surface area contributed by atoms with Crippen LogP contribution in [-0.2, 0) is 19.1 Å². The van der Waals surface area contributed by atoms with Crippen LogP contribution in [0.3, 0.4) is 0 Å². The molecule has 1 saturated heterocycles. The van der Waals surface area contributed by atoms with Crippen LogP contribution in [0.4, 0.5) is 11.5 Å². The number of fused-ring (bicyclic) bond motifs is 1. The summed E-state index contributed by atoms with van der Waals surface area (Å²) in [5.41, 5.74) is 1.64. The number of likely N-dealkylation sites (tertiary alicyclic amines) is 1. The molecule has 0 bridgehead atoms. The first-order valence-corrected chi connectivity index (χ1v) is 14.7. The third-order valence-electron chi connectivity index (χ3n) is 7.01. The summed E-state index contributed by atoms with van der Waals surface area (Å²) in [5, 5.41) is 4.19. The highest BCUT2D eigenvalue weighted by atomic mass is 79.9. The Kier molecular flexibility index (Phi) is 11.1. The van der Waals surface area contributed by atoms with Gasteiger partial charge < -0.3 is 29.2 Å². The van der Waals surface area contributed by atoms with Gasteiger partial charge in [-0.25, -0.2) is 9.97 Å². The first kappa shape index (κ1) is 30.5. The predicted molar refractivity (Wildman–Crippen MR) is 160 cm³/mol. The Morgan fingerprint density at radius 2 is 1.85 bits per heavy atom. The van der Waals surface area contributed by atoms with Crippen molar-refractivity contribution in [2.45, 2.75) is 33.1 Å². The monoisotopic (exact) mass is 628 g/mol. The molecule has 0 saturated carbocycles. The molecular weight excluding hydrogens is 592 g/mol. The van der Waals surface area contributed by atoms with Crippen LogP contribution in [0.2, 0.25) is 0 Å². The van der Waals surface area contributed by atoms with Gasteiger partial charge in [-0.15, -0.1) is 0 Å². The smallest absolute Gasteiger partial charge is 0.310 e. The number of esters is 2. The summed E-state index contributed by atoms with van der Waals surface area (Å²) in [6, 6.07) is 11.6. The minimum Gasteiger partial charge on any atom is -0.493 e. The number of halogens is 1. The fourth-order valence-electron chi connectivity index (χ4n) is 4.90. The number of carbonyl (C=O) groups excluding carboxylic acids is 2. The number of benzene rings is 2. The van der Waals surface area contributed by atoms with Crippen molar-refractivity contribution in [3.63, 3.8) is 0 Å². The number of carbonyl (C=O) groups is 2. The molecule has 0 amide bonds. The molecular formula is C30H37BrN4O6. The van der Waals surface area contributed by atoms with Crippen LogP contribution < -0.4 is 14.8 Å². The van der Waals surface area contributed by atoms with Gasteiger partial charge in [0.25, 0.3) is 0 Å². The summed E-state index contributed by atoms with van der Waals surface area (Å²) in [6.45, 7) is 6.69. The van der Waals surface area contributed by atoms with E-state index in [2.05, 4.69) is 36.1 Å². The lowest BCUT2D eigenvalue weighted by Gasteiger charge is -2.33. The topological polar surface area (TPSA) is 112 Å². The van der Waals surface area contributed by atoms with E-state index >= 15 is 0 Å². The van der Waals surface area contributed by atoms with Crippen LogP contribution in [0, 0.1) is 11.8 Å². The molecule has 2 aromatic carbocycles. The lowest BCUT2D eigenvalue weighted by Crippen LogP contribution is -2.41. The number of piperidine rings is 1. The van der Waals surface area contributed by atoms with Gasteiger partial charge in [0, 0.05) is 28.2 Å². The van der Waals surface area contributed by atoms with Crippen LogP contribution in [0.15, 0.2) is 47.2 Å². The molecule has 1 aliphatic heterocycles. The van der Waals surface area contributed by atoms with Crippen LogP contribution in [-0.4, -0.2) is 73.4 Å². The average Bonchev–Trinajstić information content (AvgIpc) is 2.96. The summed E-state index contributed by atoms with van der Waals surface area (Å²) in [7, 11) is 1.62. The molecule has 0 aliphatic carbocycles. The van der Waals surface area contributed by atoms with Gasteiger partial charge >= 0.3 is 11.9 Å². The minimum absolute atomic E-state index is 0.0274. The third-order valence-corrected chi connectivity index (χ3v) is 7.50. The van der Waals surface area contributed by atoms with E-state index in [1.165, 1.54) is 6.33 Å². The molecule has 3 aromatic rings. The van der Waals surface area contributed by atoms with Crippen molar-refractivity contribution in [2.75, 3.05) is 51.9 Å². The Morgan fingerprint density at radius 3 is 2.56 bits per heavy atom. The molecule has 220 valence electrons. The Hall–Kier alpha value is -3.44. The first-order chi connectivity index (χ1) is 19.9. The lowest BCUT2D eigenvalue weighted by molar-refractivity contribution is -0.155. The molecule has 1 aromatic heterocycles. The fraction of sp³-hybridized carbons (Fsp3) is 0.467. The van der Waals surface area contributed by atoms with Crippen molar-refractivity contribution in [3.05, 3.63) is 47.2 Å². The molecule has 1 fully saturated rings. The molecule has 10 nitrogen and oxygen atoms in total. The van der Waals surface area contributed by atoms with Crippen LogP contribution in [0.5, 0.6) is 11.5 Å². The van der Waals surface area contributed by atoms with Crippen molar-refractivity contribution in [3.8, 4) is 11.5 Å². The number of nitrogens with one attached hydrogen (secondary N) is 1. The number of nitrogens with zero attached hydrogens (tertiary/aromatic N) is 3. The molecule has 1 N–H and O–H groups in total. The minimum atomic E-state index is -0.536. The Bertz CT molecular complexity index is 1330. The third kappa shape index (κ3) is 8.53. The predicted octanol–water partition coefficient (Wildman–Crippen LogP) is 5.37. The Morgan fingerprint density at radius 1 is 1.07 bits per heavy atom. The van der Waals surface area contributed by atoms with Gasteiger partial charge in [-0.1, -0.05) is 22.0 Å². The highest BCUT2D eigenvalue weighted by molar-refractivity contribution is 9.10. The molecule has 11 heteroatoms. The number of aromatic nitrogens is 2. The quantitative estimate of drug-likeness (QED) is 0.248. The number of rotatable bonds is 13. The Balaban J connectivity index is 1.38. The van der Waals surface area contributed by atoms with Gasteiger partial charge in [-0.3, -0.25) is 9.59 Å². The average molecular weight is 630 g/mol. The van der Waals surface area contributed by atoms with Gasteiger partial charge in [0.15, 0.2) is 11.5 Å². The number of hydrogen-bond donors (Lipinski definition) is 1. The van der Waals surface area contributed by atoms with Crippen molar-refractivity contribution in [1.29, 1.82) is 0 Å². The van der Waals surface area contributed by atoms with Crippen molar-refractivity contribution >= 4 is 50.3 Å². The van der Waals surface area contributed by atoms with Gasteiger partial charge in [0.2, 0.25) is 0 Å². The summed E-state index contributed by atoms with van der Waals surface area (Å²) in [5.74, 6) is 0.984. The number of ether oxygens (including phenoxy) is 4. The zero-order valence-electron chi connectivity index (χ0n) is 23.7. The summed E-state index contributed by atoms with van der Waals surface area (Å²) in [6.07, 6.45) is 3.36. The van der Waals surface area contributed by atoms with Gasteiger partial charge in [-0.05, 0) is 70.0 Å². The molecule has 2 heterocycles. The molecule has 1 aliphatic rings. The van der Waals surface area contributed by atoms with Crippen molar-refractivity contribution < 1.29 is 28.5 Å². The van der Waals surface area contributed by atoms with E-state index in [0.717, 1.165) is 47.0 Å². The van der Waals surface area contributed by atoms with E-state index in [1.54, 1.807) is 21.0 Å². The van der Waals surface area contributed by atoms with E-state index in [0.29, 0.717) is 36.4 Å². The van der Waals surface area contributed by atoms with Crippen LogP contribution in [0.25, 0.3) is 10.9 Å². The van der Waals surface area contributed by atoms with E-state index in [9.17, 15) is 9.59 Å². The van der Waals surface area contributed by atoms with E-state index in [4.69, 9.17) is 18.9 Å². The zero-order valence-corrected chi connectivity index (χ0v) is 25.3. The molecule has 0 spiro atoms. The zero-order chi connectivity index (χ0) is 29.2. The molecule has 4 rings (SSSR count). The maximum Gasteiger partial charge on any atom is 0.310 e. The SMILES string of the molecule is CCOC(=O)CC(CN1CCC(COc2cc3c(Nc4cccc(Br)c4)ncnc3cc2OC)CC1)C(=O)OCC. The lowest BCUT2D eigenvalue weighted by atomic mass is 9.96. The molecule has 41 heavy (non-hydrogen) atoms. The van der Waals surface area contributed by atoms with Crippen LogP contribution in [0.1, 0.15) is 33.1 Å². The standard InChI is InChI=1S/C30H37BrN4O6/c1-4-39-28(36)13-21(30(37)40-5-2)17-35-11-9-20(10-12-35)18-41-27-15-24-25(16-26(27)38-3)32-19-33-29(24)34-23-8-6-7-22(31)14-23/h6-8,14-16,19-21H,4-5,9-13,17-18H2,1-3H3,(H,32,33,34). The van der Waals surface area contributed by atoms with E-state index in [-0.39, 0.29) is 31.6 Å². The molecule has 0 radical (unpaired) electrons. The van der Waals surface area contributed by atoms with E-state index in [1.807, 2.05) is 36.4 Å². The second kappa shape index (κ2) is 15.0. The molecule has 1 unspecified atom stereocenters. The first-order valence-electron chi connectivity index (χ1n) is 13.9. The number of hydrogen-bond acceptors (Lipinski definition) is 10. The highest BCUT2D eigenvalue weighted by Gasteiger charge is 2.29. The van der Waals surface area contributed by atoms with Crippen LogP contribution >= 0.6 is 15.9 Å². The van der Waals surface area contributed by atoms with Gasteiger partial charge in [0.05, 0.1) is 44.8 Å². The highest BCUT2D eigenvalue weighted by Crippen LogP contribution is 2.35. The summed E-state index contributed by atoms with van der Waals surface area (Å²) >= 11 is 3.51. The van der Waals surface area contributed by atoms with Crippen molar-refractivity contribution in [2.24, 2.45) is 11.8 Å². The van der Waals surface area contributed by atoms with E-state index < -0.39 is 5.92 Å². The largest absolute Gasteiger partial charge is 0.493 e. The summed E-state index contributed by atoms with van der Waals surface area (Å²) < 4.78 is 23.2. The Labute approximate surface area is 248 Å². The normalized spacial score (nSPS) is 14.8. The fourth-order valence-corrected chi connectivity index (χ4v) is 5.30. The number of anilines is 2. The van der Waals surface area contributed by atoms with Gasteiger partial charge in [-0.2, -0.15) is 0 Å². The number of methoxy groups -OCH3 is 1. The second-order valence-corrected chi connectivity index (χ2v) is 10.8. The van der Waals surface area contributed by atoms with Crippen molar-refractivity contribution in [1.82, 2.24) is 14.9 Å². The summed E-state index contributed by atoms with van der Waals surface area (Å²) in [4.78, 5) is 35.6. The maximum atomic E-state index is 12.5. The molecule has 1 atom stereocenters. The van der Waals surface area contributed by atoms with Gasteiger partial charge in [0.1, 0.15) is 12.1 Å².